The molecule has 1 aromatic carbocycles. The van der Waals surface area contributed by atoms with Gasteiger partial charge >= 0.3 is 0 Å². The van der Waals surface area contributed by atoms with Gasteiger partial charge < -0.3 is 5.11 Å². The van der Waals surface area contributed by atoms with Gasteiger partial charge in [-0.1, -0.05) is 41.9 Å². The van der Waals surface area contributed by atoms with Crippen LogP contribution >= 0.6 is 11.6 Å². The monoisotopic (exact) mass is 343 g/mol. The number of aromatic nitrogens is 2. The normalized spacial score (nSPS) is 13.5. The Bertz CT molecular complexity index is 759. The first-order valence-corrected chi connectivity index (χ1v) is 8.45. The summed E-state index contributed by atoms with van der Waals surface area (Å²) in [6, 6.07) is 8.89. The minimum Gasteiger partial charge on any atom is -0.387 e. The molecule has 0 amide bonds. The number of nitrogens with zero attached hydrogens (tertiary/aromatic N) is 3. The average Bonchev–Trinajstić information content (AvgIpc) is 2.73. The summed E-state index contributed by atoms with van der Waals surface area (Å²) in [5, 5.41) is 14.3. The molecule has 1 unspecified atom stereocenters. The molecule has 0 spiro atoms. The van der Waals surface area contributed by atoms with Crippen LogP contribution in [0.5, 0.6) is 0 Å². The molecule has 0 aliphatic rings. The quantitative estimate of drug-likeness (QED) is 0.897. The average molecular weight is 344 g/mol. The van der Waals surface area contributed by atoms with Gasteiger partial charge in [0.2, 0.25) is 10.0 Å². The van der Waals surface area contributed by atoms with E-state index in [0.717, 1.165) is 4.31 Å². The van der Waals surface area contributed by atoms with Crippen LogP contribution in [0.1, 0.15) is 17.4 Å². The Kier molecular flexibility index (Phi) is 4.91. The van der Waals surface area contributed by atoms with Gasteiger partial charge in [0.1, 0.15) is 10.0 Å². The van der Waals surface area contributed by atoms with E-state index >= 15 is 0 Å². The SMILES string of the molecule is Cc1nn(C)c(Cl)c1S(=O)(=O)N(C)CC(O)c1ccccc1. The summed E-state index contributed by atoms with van der Waals surface area (Å²) < 4.78 is 27.7. The third-order valence-electron chi connectivity index (χ3n) is 3.38. The van der Waals surface area contributed by atoms with E-state index in [9.17, 15) is 13.5 Å². The van der Waals surface area contributed by atoms with Gasteiger partial charge in [0, 0.05) is 20.6 Å². The molecule has 0 aliphatic heterocycles. The zero-order chi connectivity index (χ0) is 16.5. The molecule has 1 N–H and O–H groups in total. The van der Waals surface area contributed by atoms with Crippen molar-refractivity contribution in [3.8, 4) is 0 Å². The number of benzene rings is 1. The van der Waals surface area contributed by atoms with Crippen LogP contribution in [-0.2, 0) is 17.1 Å². The Morgan fingerprint density at radius 3 is 2.45 bits per heavy atom. The molecule has 6 nitrogen and oxygen atoms in total. The van der Waals surface area contributed by atoms with Crippen LogP contribution in [0, 0.1) is 6.92 Å². The molecule has 1 aromatic heterocycles. The first kappa shape index (κ1) is 17.0. The van der Waals surface area contributed by atoms with Crippen molar-refractivity contribution in [1.29, 1.82) is 0 Å². The highest BCUT2D eigenvalue weighted by atomic mass is 35.5. The molecule has 1 heterocycles. The van der Waals surface area contributed by atoms with Crippen molar-refractivity contribution >= 4 is 21.6 Å². The first-order chi connectivity index (χ1) is 10.2. The number of rotatable bonds is 5. The van der Waals surface area contributed by atoms with Gasteiger partial charge in [-0.3, -0.25) is 4.68 Å². The standard InChI is InChI=1S/C14H18ClN3O3S/c1-10-13(14(15)18(3)16-10)22(20,21)17(2)9-12(19)11-7-5-4-6-8-11/h4-8,12,19H,9H2,1-3H3. The smallest absolute Gasteiger partial charge is 0.247 e. The van der Waals surface area contributed by atoms with Crippen LogP contribution in [0.25, 0.3) is 0 Å². The molecular formula is C14H18ClN3O3S. The minimum absolute atomic E-state index is 0.0283. The maximum atomic E-state index is 12.6. The number of halogens is 1. The van der Waals surface area contributed by atoms with Crippen molar-refractivity contribution in [1.82, 2.24) is 14.1 Å². The van der Waals surface area contributed by atoms with Crippen molar-refractivity contribution in [3.05, 3.63) is 46.7 Å². The number of aliphatic hydroxyl groups excluding tert-OH is 1. The van der Waals surface area contributed by atoms with E-state index in [2.05, 4.69) is 5.10 Å². The van der Waals surface area contributed by atoms with Crippen LogP contribution in [-0.4, -0.2) is 41.2 Å². The molecule has 8 heteroatoms. The van der Waals surface area contributed by atoms with Crippen LogP contribution in [0.15, 0.2) is 35.2 Å². The van der Waals surface area contributed by atoms with Crippen molar-refractivity contribution in [3.63, 3.8) is 0 Å². The lowest BCUT2D eigenvalue weighted by Gasteiger charge is -2.20. The molecule has 22 heavy (non-hydrogen) atoms. The third-order valence-corrected chi connectivity index (χ3v) is 5.90. The zero-order valence-electron chi connectivity index (χ0n) is 12.6. The van der Waals surface area contributed by atoms with E-state index in [1.54, 1.807) is 38.2 Å². The van der Waals surface area contributed by atoms with Crippen LogP contribution in [0.2, 0.25) is 5.15 Å². The fourth-order valence-electron chi connectivity index (χ4n) is 2.18. The van der Waals surface area contributed by atoms with Gasteiger partial charge in [-0.25, -0.2) is 8.42 Å². The van der Waals surface area contributed by atoms with Gasteiger partial charge in [-0.2, -0.15) is 9.40 Å². The number of aryl methyl sites for hydroxylation is 2. The molecule has 2 rings (SSSR count). The van der Waals surface area contributed by atoms with Gasteiger partial charge in [0.15, 0.2) is 0 Å². The molecule has 0 aliphatic carbocycles. The lowest BCUT2D eigenvalue weighted by Crippen LogP contribution is -2.31. The largest absolute Gasteiger partial charge is 0.387 e. The Balaban J connectivity index is 2.26. The number of sulfonamides is 1. The topological polar surface area (TPSA) is 75.4 Å². The summed E-state index contributed by atoms with van der Waals surface area (Å²) in [5.74, 6) is 0. The molecule has 2 aromatic rings. The second-order valence-electron chi connectivity index (χ2n) is 5.04. The molecular weight excluding hydrogens is 326 g/mol. The summed E-state index contributed by atoms with van der Waals surface area (Å²) in [7, 11) is -0.841. The van der Waals surface area contributed by atoms with E-state index in [4.69, 9.17) is 11.6 Å². The Morgan fingerprint density at radius 1 is 1.36 bits per heavy atom. The number of likely N-dealkylation sites (N-methyl/N-ethyl adjacent to an activating group) is 1. The van der Waals surface area contributed by atoms with Gasteiger partial charge in [0.05, 0.1) is 11.8 Å². The van der Waals surface area contributed by atoms with Gasteiger partial charge in [-0.05, 0) is 12.5 Å². The highest BCUT2D eigenvalue weighted by Gasteiger charge is 2.30. The van der Waals surface area contributed by atoms with Crippen LogP contribution < -0.4 is 0 Å². The summed E-state index contributed by atoms with van der Waals surface area (Å²) >= 11 is 6.03. The van der Waals surface area contributed by atoms with Crippen molar-refractivity contribution in [2.45, 2.75) is 17.9 Å². The van der Waals surface area contributed by atoms with Crippen LogP contribution in [0.3, 0.4) is 0 Å². The maximum Gasteiger partial charge on any atom is 0.247 e. The van der Waals surface area contributed by atoms with E-state index < -0.39 is 16.1 Å². The summed E-state index contributed by atoms with van der Waals surface area (Å²) in [4.78, 5) is -0.0283. The maximum absolute atomic E-state index is 12.6. The molecule has 0 bridgehead atoms. The highest BCUT2D eigenvalue weighted by Crippen LogP contribution is 2.27. The second-order valence-corrected chi connectivity index (χ2v) is 7.38. The molecule has 0 radical (unpaired) electrons. The molecule has 120 valence electrons. The number of hydrogen-bond donors (Lipinski definition) is 1. The van der Waals surface area contributed by atoms with Crippen LogP contribution in [0.4, 0.5) is 0 Å². The van der Waals surface area contributed by atoms with Gasteiger partial charge in [0.25, 0.3) is 0 Å². The Hall–Kier alpha value is -1.41. The summed E-state index contributed by atoms with van der Waals surface area (Å²) in [6.07, 6.45) is -0.920. The van der Waals surface area contributed by atoms with Crippen molar-refractivity contribution < 1.29 is 13.5 Å². The predicted molar refractivity (Wildman–Crippen MR) is 84.2 cm³/mol. The number of hydrogen-bond acceptors (Lipinski definition) is 4. The molecule has 0 fully saturated rings. The lowest BCUT2D eigenvalue weighted by atomic mass is 10.1. The van der Waals surface area contributed by atoms with E-state index in [1.165, 1.54) is 11.7 Å². The Morgan fingerprint density at radius 2 is 1.95 bits per heavy atom. The van der Waals surface area contributed by atoms with Gasteiger partial charge in [-0.15, -0.1) is 0 Å². The van der Waals surface area contributed by atoms with E-state index in [0.29, 0.717) is 11.3 Å². The van der Waals surface area contributed by atoms with E-state index in [-0.39, 0.29) is 16.6 Å². The fourth-order valence-corrected chi connectivity index (χ4v) is 4.06. The Labute approximate surface area is 135 Å². The molecule has 1 atom stereocenters. The molecule has 0 saturated heterocycles. The minimum atomic E-state index is -3.82. The summed E-state index contributed by atoms with van der Waals surface area (Å²) in [6.45, 7) is 1.51. The fraction of sp³-hybridized carbons (Fsp3) is 0.357. The van der Waals surface area contributed by atoms with E-state index in [1.807, 2.05) is 6.07 Å². The predicted octanol–water partition coefficient (Wildman–Crippen LogP) is 1.74. The van der Waals surface area contributed by atoms with Crippen molar-refractivity contribution in [2.75, 3.05) is 13.6 Å². The lowest BCUT2D eigenvalue weighted by molar-refractivity contribution is 0.155. The third kappa shape index (κ3) is 3.17. The summed E-state index contributed by atoms with van der Waals surface area (Å²) in [5.41, 5.74) is 0.979. The zero-order valence-corrected chi connectivity index (χ0v) is 14.1. The van der Waals surface area contributed by atoms with Crippen molar-refractivity contribution in [2.24, 2.45) is 7.05 Å². The highest BCUT2D eigenvalue weighted by molar-refractivity contribution is 7.89. The first-order valence-electron chi connectivity index (χ1n) is 6.63. The molecule has 0 saturated carbocycles. The second kappa shape index (κ2) is 6.37. The number of aliphatic hydroxyl groups is 1.